The number of likely N-dealkylation sites (N-methyl/N-ethyl adjacent to an activating group) is 3. The summed E-state index contributed by atoms with van der Waals surface area (Å²) in [5.41, 5.74) is 7.81. The number of hydrogen-bond donors (Lipinski definition) is 3. The van der Waals surface area contributed by atoms with E-state index in [1.54, 1.807) is 20.3 Å². The number of rotatable bonds is 2. The largest absolute Gasteiger partial charge is 0.504 e. The van der Waals surface area contributed by atoms with Gasteiger partial charge in [0.05, 0.1) is 26.4 Å². The topological polar surface area (TPSA) is 134 Å². The summed E-state index contributed by atoms with van der Waals surface area (Å²) in [6.07, 6.45) is 10.6. The third kappa shape index (κ3) is 5.13. The fourth-order valence-corrected chi connectivity index (χ4v) is 17.2. The van der Waals surface area contributed by atoms with Gasteiger partial charge in [0.15, 0.2) is 46.4 Å². The molecule has 12 nitrogen and oxygen atoms in total. The van der Waals surface area contributed by atoms with Crippen LogP contribution in [0.5, 0.6) is 34.5 Å². The van der Waals surface area contributed by atoms with E-state index in [-0.39, 0.29) is 58.3 Å². The van der Waals surface area contributed by atoms with Crippen molar-refractivity contribution in [3.05, 3.63) is 69.8 Å². The Morgan fingerprint density at radius 1 is 0.569 bits per heavy atom. The predicted octanol–water partition coefficient (Wildman–Crippen LogP) is 5.08. The molecular formula is C53H65N3O9. The summed E-state index contributed by atoms with van der Waals surface area (Å²) in [5.74, 6) is 6.17. The highest BCUT2D eigenvalue weighted by Gasteiger charge is 2.68. The third-order valence-electron chi connectivity index (χ3n) is 19.9. The van der Waals surface area contributed by atoms with Gasteiger partial charge in [-0.3, -0.25) is 4.79 Å². The minimum atomic E-state index is -0.366. The van der Waals surface area contributed by atoms with Crippen molar-refractivity contribution in [2.75, 3.05) is 55.0 Å². The van der Waals surface area contributed by atoms with E-state index >= 15 is 0 Å². The lowest BCUT2D eigenvalue weighted by Gasteiger charge is -2.58. The van der Waals surface area contributed by atoms with Crippen LogP contribution < -0.4 is 23.7 Å². The number of phenolic OH excluding ortho intramolecular Hbond substituents is 1. The maximum Gasteiger partial charge on any atom is 0.174 e. The summed E-state index contributed by atoms with van der Waals surface area (Å²) in [4.78, 5) is 20.0. The zero-order chi connectivity index (χ0) is 44.5. The molecule has 3 aromatic carbocycles. The molecule has 12 heteroatoms. The number of nitrogens with zero attached hydrogens (tertiary/aromatic N) is 3. The molecule has 3 N–H and O–H groups in total. The highest BCUT2D eigenvalue weighted by Crippen LogP contribution is 2.66. The number of benzene rings is 3. The molecule has 15 rings (SSSR count). The molecule has 65 heavy (non-hydrogen) atoms. The highest BCUT2D eigenvalue weighted by atomic mass is 16.5. The summed E-state index contributed by atoms with van der Waals surface area (Å²) in [7, 11) is 10.1. The van der Waals surface area contributed by atoms with Crippen LogP contribution in [-0.4, -0.2) is 139 Å². The van der Waals surface area contributed by atoms with Crippen LogP contribution in [-0.2, 0) is 40.3 Å². The number of methoxy groups -OCH3 is 2. The maximum atomic E-state index is 12.5. The lowest BCUT2D eigenvalue weighted by Crippen LogP contribution is -2.66. The van der Waals surface area contributed by atoms with Crippen molar-refractivity contribution in [3.63, 3.8) is 0 Å². The van der Waals surface area contributed by atoms with Crippen LogP contribution in [0.3, 0.4) is 0 Å². The van der Waals surface area contributed by atoms with E-state index in [1.807, 2.05) is 18.2 Å². The number of hydrogen-bond acceptors (Lipinski definition) is 12. The van der Waals surface area contributed by atoms with Crippen molar-refractivity contribution < 1.29 is 43.8 Å². The number of likely N-dealkylation sites (tertiary alicyclic amines) is 3. The van der Waals surface area contributed by atoms with Crippen molar-refractivity contribution in [2.45, 2.75) is 142 Å². The second-order valence-electron chi connectivity index (χ2n) is 22.0. The Balaban J connectivity index is 0.0000000978. The minimum absolute atomic E-state index is 0.00625. The van der Waals surface area contributed by atoms with E-state index < -0.39 is 0 Å². The van der Waals surface area contributed by atoms with Crippen LogP contribution >= 0.6 is 0 Å². The number of carbonyl (C=O) groups excluding carboxylic acids is 1. The first-order valence-corrected chi connectivity index (χ1v) is 24.7. The molecule has 6 aliphatic heterocycles. The second-order valence-corrected chi connectivity index (χ2v) is 22.0. The van der Waals surface area contributed by atoms with Crippen LogP contribution in [0.15, 0.2) is 36.4 Å². The lowest BCUT2D eigenvalue weighted by atomic mass is 9.51. The third-order valence-corrected chi connectivity index (χ3v) is 19.9. The maximum absolute atomic E-state index is 12.5. The van der Waals surface area contributed by atoms with Crippen molar-refractivity contribution >= 4 is 5.78 Å². The van der Waals surface area contributed by atoms with Gasteiger partial charge in [0.1, 0.15) is 12.2 Å². The van der Waals surface area contributed by atoms with Crippen LogP contribution in [0.1, 0.15) is 91.2 Å². The molecule has 0 radical (unpaired) electrons. The van der Waals surface area contributed by atoms with E-state index in [9.17, 15) is 20.1 Å². The average molecular weight is 888 g/mol. The van der Waals surface area contributed by atoms with E-state index in [0.29, 0.717) is 48.0 Å². The molecule has 6 fully saturated rings. The van der Waals surface area contributed by atoms with Crippen LogP contribution in [0, 0.1) is 17.8 Å². The van der Waals surface area contributed by atoms with E-state index in [0.717, 1.165) is 119 Å². The quantitative estimate of drug-likeness (QED) is 0.317. The standard InChI is InChI=1S/2C18H23NO3.C17H19NO3/c2*1-19-8-7-18-11-4-5-13(20)17(18)22-16-14(21-2)6-3-10(15(16)18)9-12(11)19;1-18-7-6-17-10-3-5-13(20)16(17)21-15-12(19)4-2-9(14(15)17)8-11(10)18/h2*3,6,11-13,17,20H,4-5,7-9H2,1-2H3;2,4,10-11,16,19H,3,5-8H2,1H3/t11?,12?,13-,17+,18+;11?,12?,13-,17-,18-;10?,11?,16-,17-/m011/s1. The summed E-state index contributed by atoms with van der Waals surface area (Å²) >= 11 is 0. The molecule has 6 bridgehead atoms. The van der Waals surface area contributed by atoms with Gasteiger partial charge < -0.3 is 53.7 Å². The summed E-state index contributed by atoms with van der Waals surface area (Å²) in [6.45, 7) is 3.18. The first-order valence-electron chi connectivity index (χ1n) is 24.7. The number of ketones is 1. The smallest absolute Gasteiger partial charge is 0.174 e. The fourth-order valence-electron chi connectivity index (χ4n) is 17.2. The van der Waals surface area contributed by atoms with Crippen LogP contribution in [0.4, 0.5) is 0 Å². The van der Waals surface area contributed by atoms with Gasteiger partial charge in [-0.25, -0.2) is 0 Å². The van der Waals surface area contributed by atoms with Crippen LogP contribution in [0.2, 0.25) is 0 Å². The van der Waals surface area contributed by atoms with Crippen LogP contribution in [0.25, 0.3) is 0 Å². The van der Waals surface area contributed by atoms with Crippen molar-refractivity contribution in [1.82, 2.24) is 14.7 Å². The summed E-state index contributed by atoms with van der Waals surface area (Å²) in [5, 5.41) is 31.5. The number of aromatic hydroxyl groups is 1. The molecule has 3 saturated heterocycles. The van der Waals surface area contributed by atoms with Gasteiger partial charge >= 0.3 is 0 Å². The molecule has 346 valence electrons. The second kappa shape index (κ2) is 14.2. The van der Waals surface area contributed by atoms with E-state index in [4.69, 9.17) is 23.7 Å². The molecule has 3 saturated carbocycles. The van der Waals surface area contributed by atoms with Gasteiger partial charge in [-0.1, -0.05) is 18.2 Å². The van der Waals surface area contributed by atoms with Gasteiger partial charge in [-0.05, 0) is 164 Å². The first-order chi connectivity index (χ1) is 31.5. The molecule has 6 heterocycles. The van der Waals surface area contributed by atoms with Crippen molar-refractivity contribution in [2.24, 2.45) is 17.8 Å². The summed E-state index contributed by atoms with van der Waals surface area (Å²) < 4.78 is 29.9. The molecule has 12 aliphatic rings. The molecule has 6 aliphatic carbocycles. The molecule has 6 unspecified atom stereocenters. The van der Waals surface area contributed by atoms with E-state index in [1.165, 1.54) is 27.8 Å². The zero-order valence-electron chi connectivity index (χ0n) is 38.6. The molecule has 0 amide bonds. The zero-order valence-corrected chi connectivity index (χ0v) is 38.6. The molecule has 14 atom stereocenters. The normalized spacial score (nSPS) is 41.2. The number of aliphatic hydroxyl groups is 2. The van der Waals surface area contributed by atoms with Crippen molar-refractivity contribution in [3.8, 4) is 34.5 Å². The molecule has 0 aromatic heterocycles. The number of aliphatic hydroxyl groups excluding tert-OH is 2. The SMILES string of the molecule is CN1CC[C@@]23c4c5ccc(O)c4O[C@@H]2C(=O)CCC3C1C5.COc1ccc2c3c1O[C@@H]1[C@@H](O)CCC4C(C2)N(C)CC[C@]341.COc1ccc2c3c1O[C@@H]1[C@H](O)CCC4C(C2)N(C)CC[C@]341. The number of ether oxygens (including phenoxy) is 5. The number of carbonyl (C=O) groups is 1. The van der Waals surface area contributed by atoms with Crippen molar-refractivity contribution in [1.29, 1.82) is 0 Å². The monoisotopic (exact) mass is 887 g/mol. The predicted molar refractivity (Wildman–Crippen MR) is 242 cm³/mol. The number of Topliss-reactive ketones (excluding diaryl/α,β-unsaturated/α-hetero) is 1. The molecule has 3 spiro atoms. The van der Waals surface area contributed by atoms with Gasteiger partial charge in [0.2, 0.25) is 0 Å². The fraction of sp³-hybridized carbons (Fsp3) is 0.642. The van der Waals surface area contributed by atoms with Gasteiger partial charge in [0, 0.05) is 57.5 Å². The molecule has 3 aromatic rings. The molecular weight excluding hydrogens is 823 g/mol. The Bertz CT molecular complexity index is 2390. The average Bonchev–Trinajstić information content (AvgIpc) is 3.98. The van der Waals surface area contributed by atoms with Gasteiger partial charge in [-0.2, -0.15) is 0 Å². The number of piperidine rings is 3. The number of phenols is 1. The van der Waals surface area contributed by atoms with E-state index in [2.05, 4.69) is 48.0 Å². The Hall–Kier alpha value is -4.07. The van der Waals surface area contributed by atoms with Gasteiger partial charge in [-0.15, -0.1) is 0 Å². The summed E-state index contributed by atoms with van der Waals surface area (Å²) in [6, 6.07) is 13.9. The minimum Gasteiger partial charge on any atom is -0.504 e. The Labute approximate surface area is 382 Å². The van der Waals surface area contributed by atoms with Gasteiger partial charge in [0.25, 0.3) is 0 Å². The Morgan fingerprint density at radius 3 is 1.48 bits per heavy atom. The highest BCUT2D eigenvalue weighted by molar-refractivity contribution is 5.89. The lowest BCUT2D eigenvalue weighted by molar-refractivity contribution is -0.138. The first kappa shape index (κ1) is 41.1. The Morgan fingerprint density at radius 2 is 1.00 bits per heavy atom. The Kier molecular flexibility index (Phi) is 9.01.